The number of carboxylic acid groups (broad SMARTS) is 1. The highest BCUT2D eigenvalue weighted by Gasteiger charge is 2.27. The highest BCUT2D eigenvalue weighted by Crippen LogP contribution is 2.38. The van der Waals surface area contributed by atoms with Crippen LogP contribution in [-0.4, -0.2) is 60.7 Å². The predicted octanol–water partition coefficient (Wildman–Crippen LogP) is 9.56. The zero-order valence-electron chi connectivity index (χ0n) is 30.6. The van der Waals surface area contributed by atoms with Crippen molar-refractivity contribution in [2.24, 2.45) is 0 Å². The van der Waals surface area contributed by atoms with Crippen LogP contribution in [0.5, 0.6) is 5.75 Å². The predicted molar refractivity (Wildman–Crippen MR) is 201 cm³/mol. The van der Waals surface area contributed by atoms with Crippen molar-refractivity contribution in [1.29, 1.82) is 0 Å². The number of phenols is 1. The van der Waals surface area contributed by atoms with Crippen LogP contribution in [0.2, 0.25) is 0 Å². The van der Waals surface area contributed by atoms with E-state index in [4.69, 9.17) is 4.74 Å². The van der Waals surface area contributed by atoms with E-state index in [2.05, 4.69) is 32.6 Å². The molecule has 0 bridgehead atoms. The van der Waals surface area contributed by atoms with Gasteiger partial charge in [0.2, 0.25) is 0 Å². The topological polar surface area (TPSA) is 107 Å². The number of carboxylic acids is 1. The summed E-state index contributed by atoms with van der Waals surface area (Å²) in [5, 5.41) is 21.0. The molecule has 0 saturated heterocycles. The molecule has 0 unspecified atom stereocenters. The largest absolute Gasteiger partial charge is 0.505 e. The normalized spacial score (nSPS) is 10.6. The first-order chi connectivity index (χ1) is 23.7. The SMILES string of the molecule is CCCCCCOC(=O)c1ccccc1N(CC)CC.CCCCCCc1c(C(=O)O)cc(N(CC)CC)c(O)c1C(=O)c1ccccc1. The number of aromatic carboxylic acids is 1. The fourth-order valence-corrected chi connectivity index (χ4v) is 5.92. The summed E-state index contributed by atoms with van der Waals surface area (Å²) in [5.41, 5.74) is 3.11. The summed E-state index contributed by atoms with van der Waals surface area (Å²) in [6.07, 6.45) is 8.75. The van der Waals surface area contributed by atoms with Gasteiger partial charge in [0.15, 0.2) is 5.78 Å². The smallest absolute Gasteiger partial charge is 0.340 e. The van der Waals surface area contributed by atoms with Crippen LogP contribution < -0.4 is 9.80 Å². The third-order valence-corrected chi connectivity index (χ3v) is 8.72. The molecule has 0 aliphatic heterocycles. The number of nitrogens with zero attached hydrogens (tertiary/aromatic N) is 2. The maximum atomic E-state index is 13.3. The molecule has 0 saturated carbocycles. The number of carbonyl (C=O) groups is 3. The molecule has 3 rings (SSSR count). The van der Waals surface area contributed by atoms with E-state index in [9.17, 15) is 24.6 Å². The molecule has 0 amide bonds. The van der Waals surface area contributed by atoms with Gasteiger partial charge in [0.25, 0.3) is 0 Å². The molecule has 0 aromatic heterocycles. The second kappa shape index (κ2) is 22.3. The van der Waals surface area contributed by atoms with Gasteiger partial charge in [-0.15, -0.1) is 0 Å². The van der Waals surface area contributed by atoms with E-state index < -0.39 is 5.97 Å². The van der Waals surface area contributed by atoms with E-state index in [-0.39, 0.29) is 28.6 Å². The van der Waals surface area contributed by atoms with Crippen molar-refractivity contribution < 1.29 is 29.3 Å². The van der Waals surface area contributed by atoms with Gasteiger partial charge in [-0.3, -0.25) is 4.79 Å². The molecule has 0 heterocycles. The number of phenolic OH excluding ortho intramolecular Hbond substituents is 1. The zero-order chi connectivity index (χ0) is 36.2. The Kier molecular flexibility index (Phi) is 18.6. The van der Waals surface area contributed by atoms with E-state index in [1.165, 1.54) is 18.9 Å². The summed E-state index contributed by atoms with van der Waals surface area (Å²) in [5.74, 6) is -1.75. The van der Waals surface area contributed by atoms with Crippen molar-refractivity contribution in [3.63, 3.8) is 0 Å². The Bertz CT molecular complexity index is 1450. The molecule has 8 heteroatoms. The molecule has 3 aromatic carbocycles. The number of aromatic hydroxyl groups is 1. The van der Waals surface area contributed by atoms with E-state index >= 15 is 0 Å². The monoisotopic (exact) mass is 674 g/mol. The summed E-state index contributed by atoms with van der Waals surface area (Å²) in [6.45, 7) is 15.8. The summed E-state index contributed by atoms with van der Waals surface area (Å²) in [4.78, 5) is 41.6. The number of hydrogen-bond acceptors (Lipinski definition) is 7. The molecule has 268 valence electrons. The van der Waals surface area contributed by atoms with Crippen molar-refractivity contribution in [2.75, 3.05) is 42.6 Å². The van der Waals surface area contributed by atoms with Crippen molar-refractivity contribution in [3.8, 4) is 5.75 Å². The average molecular weight is 675 g/mol. The molecule has 49 heavy (non-hydrogen) atoms. The van der Waals surface area contributed by atoms with Crippen LogP contribution in [0.1, 0.15) is 135 Å². The fourth-order valence-electron chi connectivity index (χ4n) is 5.92. The quantitative estimate of drug-likeness (QED) is 0.0693. The maximum Gasteiger partial charge on any atom is 0.340 e. The first-order valence-electron chi connectivity index (χ1n) is 18.2. The third kappa shape index (κ3) is 11.9. The van der Waals surface area contributed by atoms with Crippen LogP contribution in [0.3, 0.4) is 0 Å². The molecular formula is C41H58N2O6. The summed E-state index contributed by atoms with van der Waals surface area (Å²) in [7, 11) is 0. The lowest BCUT2D eigenvalue weighted by molar-refractivity contribution is 0.0498. The molecule has 0 aliphatic carbocycles. The highest BCUT2D eigenvalue weighted by molar-refractivity contribution is 6.14. The Hall–Kier alpha value is -4.33. The molecular weight excluding hydrogens is 616 g/mol. The standard InChI is InChI=1S/C24H31NO4.C17H27NO2/c1-4-7-8-12-15-18-19(24(28)29)16-20(25(5-2)6-3)23(27)21(18)22(26)17-13-10-9-11-14-17;1-4-7-8-11-14-20-17(19)15-12-9-10-13-16(15)18(5-2)6-3/h9-11,13-14,16,27H,4-8,12,15H2,1-3H3,(H,28,29);9-10,12-13H,4-8,11,14H2,1-3H3. The van der Waals surface area contributed by atoms with Gasteiger partial charge >= 0.3 is 11.9 Å². The number of ketones is 1. The lowest BCUT2D eigenvalue weighted by atomic mass is 9.89. The van der Waals surface area contributed by atoms with Crippen LogP contribution in [0.25, 0.3) is 0 Å². The molecule has 8 nitrogen and oxygen atoms in total. The van der Waals surface area contributed by atoms with Gasteiger partial charge < -0.3 is 24.7 Å². The van der Waals surface area contributed by atoms with Crippen LogP contribution in [0.15, 0.2) is 60.7 Å². The van der Waals surface area contributed by atoms with Crippen LogP contribution >= 0.6 is 0 Å². The number of anilines is 2. The van der Waals surface area contributed by atoms with Gasteiger partial charge in [0, 0.05) is 31.7 Å². The van der Waals surface area contributed by atoms with Crippen molar-refractivity contribution in [1.82, 2.24) is 0 Å². The van der Waals surface area contributed by atoms with Crippen LogP contribution in [-0.2, 0) is 11.2 Å². The average Bonchev–Trinajstić information content (AvgIpc) is 3.12. The molecule has 0 aliphatic rings. The van der Waals surface area contributed by atoms with Gasteiger partial charge in [0.1, 0.15) is 5.75 Å². The van der Waals surface area contributed by atoms with Gasteiger partial charge in [-0.25, -0.2) is 9.59 Å². The number of ether oxygens (including phenoxy) is 1. The minimum atomic E-state index is -1.08. The molecule has 3 aromatic rings. The Morgan fingerprint density at radius 1 is 0.653 bits per heavy atom. The van der Waals surface area contributed by atoms with Gasteiger partial charge in [-0.1, -0.05) is 94.8 Å². The number of benzene rings is 3. The number of esters is 1. The molecule has 0 atom stereocenters. The number of rotatable bonds is 20. The lowest BCUT2D eigenvalue weighted by Gasteiger charge is -2.25. The molecule has 0 radical (unpaired) electrons. The number of hydrogen-bond donors (Lipinski definition) is 2. The Labute approximate surface area is 294 Å². The van der Waals surface area contributed by atoms with E-state index in [0.717, 1.165) is 57.3 Å². The minimum Gasteiger partial charge on any atom is -0.505 e. The Morgan fingerprint density at radius 3 is 1.78 bits per heavy atom. The lowest BCUT2D eigenvalue weighted by Crippen LogP contribution is -2.24. The molecule has 0 fully saturated rings. The summed E-state index contributed by atoms with van der Waals surface area (Å²) in [6, 6.07) is 17.9. The van der Waals surface area contributed by atoms with Gasteiger partial charge in [-0.05, 0) is 70.7 Å². The van der Waals surface area contributed by atoms with E-state index in [1.807, 2.05) is 49.1 Å². The third-order valence-electron chi connectivity index (χ3n) is 8.72. The van der Waals surface area contributed by atoms with Gasteiger partial charge in [0.05, 0.1) is 34.7 Å². The van der Waals surface area contributed by atoms with Crippen molar-refractivity contribution in [3.05, 3.63) is 88.5 Å². The van der Waals surface area contributed by atoms with Crippen molar-refractivity contribution in [2.45, 2.75) is 99.3 Å². The molecule has 0 spiro atoms. The van der Waals surface area contributed by atoms with Crippen LogP contribution in [0, 0.1) is 0 Å². The number of carbonyl (C=O) groups excluding carboxylic acids is 2. The maximum absolute atomic E-state index is 13.3. The van der Waals surface area contributed by atoms with Gasteiger partial charge in [-0.2, -0.15) is 0 Å². The minimum absolute atomic E-state index is 0.0977. The second-order valence-corrected chi connectivity index (χ2v) is 12.0. The zero-order valence-corrected chi connectivity index (χ0v) is 30.6. The second-order valence-electron chi connectivity index (χ2n) is 12.0. The van der Waals surface area contributed by atoms with E-state index in [1.54, 1.807) is 24.3 Å². The number of para-hydroxylation sites is 1. The molecule has 2 N–H and O–H groups in total. The first kappa shape index (κ1) is 40.8. The Morgan fingerprint density at radius 2 is 1.20 bits per heavy atom. The fraction of sp³-hybridized carbons (Fsp3) is 0.488. The summed E-state index contributed by atoms with van der Waals surface area (Å²) >= 11 is 0. The van der Waals surface area contributed by atoms with E-state index in [0.29, 0.717) is 48.5 Å². The summed E-state index contributed by atoms with van der Waals surface area (Å²) < 4.78 is 5.39. The highest BCUT2D eigenvalue weighted by atomic mass is 16.5. The first-order valence-corrected chi connectivity index (χ1v) is 18.2. The van der Waals surface area contributed by atoms with Crippen molar-refractivity contribution >= 4 is 29.1 Å². The van der Waals surface area contributed by atoms with Crippen LogP contribution in [0.4, 0.5) is 11.4 Å². The number of unbranched alkanes of at least 4 members (excludes halogenated alkanes) is 6. The Balaban J connectivity index is 0.000000365.